The van der Waals surface area contributed by atoms with Crippen molar-refractivity contribution in [2.75, 3.05) is 33.1 Å². The molecule has 0 bridgehead atoms. The molecule has 1 aliphatic heterocycles. The number of aryl methyl sites for hydroxylation is 1. The molecule has 0 radical (unpaired) electrons. The van der Waals surface area contributed by atoms with Crippen molar-refractivity contribution < 1.29 is 29.6 Å². The molecule has 3 aliphatic carbocycles. The number of fused-ring (bicyclic) bond motifs is 2. The second kappa shape index (κ2) is 10.9. The molecular weight excluding hydrogens is 572 g/mol. The SMILES string of the molecule is CN(C)c1cc(CCCC(C)(N)Cc2ccccc2)c(O)c2c1C[C@H]1C[C@H]3[C@H](N(C)C)C(O)=C(C(N)=O)C4O[C@@]43C(=O)C1=C2O. The third-order valence-corrected chi connectivity index (χ3v) is 10.3. The van der Waals surface area contributed by atoms with E-state index in [2.05, 4.69) is 12.1 Å². The van der Waals surface area contributed by atoms with E-state index in [0.29, 0.717) is 24.8 Å². The number of hydrogen-bond donors (Lipinski definition) is 5. The first-order valence-corrected chi connectivity index (χ1v) is 15.6. The smallest absolute Gasteiger partial charge is 0.250 e. The Hall–Kier alpha value is -3.86. The molecule has 1 saturated heterocycles. The Balaban J connectivity index is 1.34. The number of phenolic OH excluding ortho intramolecular Hbond substituents is 1. The summed E-state index contributed by atoms with van der Waals surface area (Å²) >= 11 is 0. The van der Waals surface area contributed by atoms with Crippen molar-refractivity contribution in [2.45, 2.75) is 68.7 Å². The molecule has 4 aliphatic rings. The monoisotopic (exact) mass is 616 g/mol. The lowest BCUT2D eigenvalue weighted by Crippen LogP contribution is -2.57. The highest BCUT2D eigenvalue weighted by atomic mass is 16.6. The van der Waals surface area contributed by atoms with Crippen LogP contribution in [0.4, 0.5) is 5.69 Å². The molecule has 2 aromatic carbocycles. The number of benzene rings is 2. The Kier molecular flexibility index (Phi) is 7.54. The Morgan fingerprint density at radius 1 is 1.13 bits per heavy atom. The first-order valence-electron chi connectivity index (χ1n) is 15.6. The van der Waals surface area contributed by atoms with Crippen LogP contribution in [0.1, 0.15) is 48.4 Å². The Labute approximate surface area is 263 Å². The van der Waals surface area contributed by atoms with Gasteiger partial charge < -0.3 is 36.4 Å². The van der Waals surface area contributed by atoms with Gasteiger partial charge in [-0.25, -0.2) is 0 Å². The molecule has 6 atom stereocenters. The molecule has 10 heteroatoms. The minimum atomic E-state index is -1.40. The van der Waals surface area contributed by atoms with E-state index in [4.69, 9.17) is 16.2 Å². The number of aliphatic hydroxyl groups is 2. The number of likely N-dealkylation sites (N-methyl/N-ethyl adjacent to an activating group) is 1. The number of ketones is 1. The first kappa shape index (κ1) is 31.1. The molecular formula is C35H44N4O6. The van der Waals surface area contributed by atoms with Gasteiger partial charge in [-0.2, -0.15) is 0 Å². The largest absolute Gasteiger partial charge is 0.510 e. The third-order valence-electron chi connectivity index (χ3n) is 10.3. The molecule has 2 unspecified atom stereocenters. The molecule has 2 fully saturated rings. The third kappa shape index (κ3) is 4.90. The summed E-state index contributed by atoms with van der Waals surface area (Å²) in [5.41, 5.74) is 14.3. The summed E-state index contributed by atoms with van der Waals surface area (Å²) in [7, 11) is 7.39. The first-order chi connectivity index (χ1) is 21.2. The number of Topliss-reactive ketones (excluding diaryl/α,β-unsaturated/α-hetero) is 1. The number of carbonyl (C=O) groups excluding carboxylic acids is 2. The fourth-order valence-corrected chi connectivity index (χ4v) is 8.26. The molecule has 0 aromatic heterocycles. The molecule has 1 saturated carbocycles. The molecule has 7 N–H and O–H groups in total. The van der Waals surface area contributed by atoms with Gasteiger partial charge in [0.15, 0.2) is 11.4 Å². The van der Waals surface area contributed by atoms with E-state index in [-0.39, 0.29) is 39.9 Å². The zero-order chi connectivity index (χ0) is 32.6. The van der Waals surface area contributed by atoms with Crippen LogP contribution in [-0.2, 0) is 33.6 Å². The standard InChI is InChI=1S/C35H44N4O6/c1-34(37,17-18-10-7-6-8-11-18)13-9-12-19-16-23(38(2)3)21-14-20-15-22-27(39(4)5)30(42)26(33(36)44)32-35(22,45-32)31(43)24(20)29(41)25(21)28(19)40/h6-8,10-11,16,20,22,27,32,40-42H,9,12-15,17,37H2,1-5H3,(H2,36,44)/t20-,22-,27-,32?,34?,35-/m0/s1. The summed E-state index contributed by atoms with van der Waals surface area (Å²) < 4.78 is 6.01. The van der Waals surface area contributed by atoms with Crippen LogP contribution >= 0.6 is 0 Å². The van der Waals surface area contributed by atoms with Crippen LogP contribution in [0.2, 0.25) is 0 Å². The van der Waals surface area contributed by atoms with Crippen LogP contribution in [0.5, 0.6) is 5.75 Å². The van der Waals surface area contributed by atoms with Gasteiger partial charge in [0.2, 0.25) is 0 Å². The van der Waals surface area contributed by atoms with Crippen molar-refractivity contribution >= 4 is 23.1 Å². The van der Waals surface area contributed by atoms with E-state index >= 15 is 0 Å². The van der Waals surface area contributed by atoms with Gasteiger partial charge in [0.05, 0.1) is 17.2 Å². The normalized spacial score (nSPS) is 28.2. The molecule has 2 aromatic rings. The lowest BCUT2D eigenvalue weighted by molar-refractivity contribution is -0.126. The van der Waals surface area contributed by atoms with Crippen molar-refractivity contribution in [1.82, 2.24) is 4.90 Å². The van der Waals surface area contributed by atoms with E-state index < -0.39 is 40.9 Å². The predicted octanol–water partition coefficient (Wildman–Crippen LogP) is 3.15. The number of epoxide rings is 1. The highest BCUT2D eigenvalue weighted by Gasteiger charge is 2.76. The fraction of sp³-hybridized carbons (Fsp3) is 0.486. The second-order valence-electron chi connectivity index (χ2n) is 14.0. The number of aliphatic hydroxyl groups excluding tert-OH is 2. The second-order valence-corrected chi connectivity index (χ2v) is 14.0. The van der Waals surface area contributed by atoms with Gasteiger partial charge in [-0.1, -0.05) is 30.3 Å². The summed E-state index contributed by atoms with van der Waals surface area (Å²) in [6, 6.07) is 11.4. The summed E-state index contributed by atoms with van der Waals surface area (Å²) in [6.07, 6.45) is 2.60. The van der Waals surface area contributed by atoms with E-state index in [1.807, 2.05) is 50.2 Å². The summed E-state index contributed by atoms with van der Waals surface area (Å²) in [6.45, 7) is 2.04. The zero-order valence-electron chi connectivity index (χ0n) is 26.6. The molecule has 6 rings (SSSR count). The number of aromatic hydroxyl groups is 1. The highest BCUT2D eigenvalue weighted by molar-refractivity contribution is 6.13. The van der Waals surface area contributed by atoms with Gasteiger partial charge >= 0.3 is 0 Å². The van der Waals surface area contributed by atoms with Crippen LogP contribution in [0, 0.1) is 11.8 Å². The predicted molar refractivity (Wildman–Crippen MR) is 172 cm³/mol. The number of hydrogen-bond acceptors (Lipinski definition) is 9. The van der Waals surface area contributed by atoms with Crippen molar-refractivity contribution in [3.05, 3.63) is 75.6 Å². The lowest BCUT2D eigenvalue weighted by Gasteiger charge is -2.45. The molecule has 10 nitrogen and oxygen atoms in total. The Bertz CT molecular complexity index is 1630. The average molecular weight is 617 g/mol. The zero-order valence-corrected chi connectivity index (χ0v) is 26.6. The van der Waals surface area contributed by atoms with Crippen LogP contribution in [0.25, 0.3) is 5.76 Å². The molecule has 1 heterocycles. The van der Waals surface area contributed by atoms with E-state index in [0.717, 1.165) is 30.5 Å². The number of rotatable bonds is 9. The molecule has 45 heavy (non-hydrogen) atoms. The molecule has 1 amide bonds. The van der Waals surface area contributed by atoms with Crippen LogP contribution < -0.4 is 16.4 Å². The number of nitrogens with zero attached hydrogens (tertiary/aromatic N) is 2. The van der Waals surface area contributed by atoms with Crippen molar-refractivity contribution in [2.24, 2.45) is 23.3 Å². The molecule has 1 spiro atoms. The Morgan fingerprint density at radius 2 is 1.82 bits per heavy atom. The fourth-order valence-electron chi connectivity index (χ4n) is 8.26. The summed E-state index contributed by atoms with van der Waals surface area (Å²) in [5, 5.41) is 34.6. The van der Waals surface area contributed by atoms with Crippen LogP contribution in [0.3, 0.4) is 0 Å². The van der Waals surface area contributed by atoms with Crippen LogP contribution in [-0.4, -0.2) is 83.4 Å². The van der Waals surface area contributed by atoms with E-state index in [9.17, 15) is 24.9 Å². The van der Waals surface area contributed by atoms with Gasteiger partial charge in [-0.05, 0) is 88.2 Å². The lowest BCUT2D eigenvalue weighted by atomic mass is 9.59. The topological polar surface area (TPSA) is 166 Å². The maximum Gasteiger partial charge on any atom is 0.250 e. The Morgan fingerprint density at radius 3 is 2.44 bits per heavy atom. The van der Waals surface area contributed by atoms with Crippen molar-refractivity contribution in [3.63, 3.8) is 0 Å². The number of primary amides is 1. The van der Waals surface area contributed by atoms with Gasteiger partial charge in [-0.3, -0.25) is 14.5 Å². The van der Waals surface area contributed by atoms with Crippen molar-refractivity contribution in [3.8, 4) is 5.75 Å². The minimum absolute atomic E-state index is 0.0355. The summed E-state index contributed by atoms with van der Waals surface area (Å²) in [4.78, 5) is 30.5. The van der Waals surface area contributed by atoms with E-state index in [1.54, 1.807) is 19.0 Å². The number of amides is 1. The summed E-state index contributed by atoms with van der Waals surface area (Å²) in [5.74, 6) is -2.51. The number of phenols is 1. The van der Waals surface area contributed by atoms with Gasteiger partial charge in [-0.15, -0.1) is 0 Å². The maximum absolute atomic E-state index is 14.3. The van der Waals surface area contributed by atoms with Gasteiger partial charge in [0.1, 0.15) is 23.4 Å². The van der Waals surface area contributed by atoms with Crippen LogP contribution in [0.15, 0.2) is 53.3 Å². The average Bonchev–Trinajstić information content (AvgIpc) is 3.69. The number of carbonyl (C=O) groups is 2. The minimum Gasteiger partial charge on any atom is -0.510 e. The van der Waals surface area contributed by atoms with E-state index in [1.165, 1.54) is 5.56 Å². The quantitative estimate of drug-likeness (QED) is 0.266. The number of anilines is 1. The van der Waals surface area contributed by atoms with Gasteiger partial charge in [0.25, 0.3) is 5.91 Å². The highest BCUT2D eigenvalue weighted by Crippen LogP contribution is 2.62. The number of nitrogens with two attached hydrogens (primary N) is 2. The number of ether oxygens (including phenoxy) is 1. The van der Waals surface area contributed by atoms with Gasteiger partial charge in [0, 0.05) is 36.8 Å². The molecule has 240 valence electrons. The maximum atomic E-state index is 14.3. The van der Waals surface area contributed by atoms with Crippen molar-refractivity contribution in [1.29, 1.82) is 0 Å².